The van der Waals surface area contributed by atoms with Crippen LogP contribution in [0.1, 0.15) is 36.3 Å². The molecule has 0 heterocycles. The minimum absolute atomic E-state index is 0.194. The van der Waals surface area contributed by atoms with Crippen LogP contribution in [0, 0.1) is 6.92 Å². The number of carbonyl (C=O) groups excluding carboxylic acids is 1. The van der Waals surface area contributed by atoms with Crippen LogP contribution in [0.4, 0.5) is 10.5 Å². The van der Waals surface area contributed by atoms with Crippen LogP contribution in [0.5, 0.6) is 0 Å². The second kappa shape index (κ2) is 11.8. The van der Waals surface area contributed by atoms with Gasteiger partial charge >= 0.3 is 13.6 Å². The van der Waals surface area contributed by atoms with Crippen molar-refractivity contribution in [3.8, 4) is 0 Å². The SMILES string of the molecule is CCOP(=O)(OCC)C(c1ccc(C)cc1)N(Cc1ccccc1)C(=O)Nc1ccccc1. The molecule has 0 bridgehead atoms. The van der Waals surface area contributed by atoms with E-state index < -0.39 is 19.4 Å². The molecule has 0 saturated carbocycles. The lowest BCUT2D eigenvalue weighted by molar-refractivity contribution is 0.164. The van der Waals surface area contributed by atoms with E-state index in [2.05, 4.69) is 5.32 Å². The summed E-state index contributed by atoms with van der Waals surface area (Å²) in [6.07, 6.45) is 0. The van der Waals surface area contributed by atoms with Crippen LogP contribution in [-0.2, 0) is 20.2 Å². The first-order chi connectivity index (χ1) is 16.0. The van der Waals surface area contributed by atoms with Crippen LogP contribution in [0.15, 0.2) is 84.9 Å². The maximum absolute atomic E-state index is 14.1. The predicted molar refractivity (Wildman–Crippen MR) is 132 cm³/mol. The number of urea groups is 1. The van der Waals surface area contributed by atoms with Crippen molar-refractivity contribution in [3.05, 3.63) is 102 Å². The van der Waals surface area contributed by atoms with E-state index in [0.717, 1.165) is 11.1 Å². The Labute approximate surface area is 196 Å². The van der Waals surface area contributed by atoms with Gasteiger partial charge in [-0.2, -0.15) is 0 Å². The first kappa shape index (κ1) is 24.7. The van der Waals surface area contributed by atoms with Crippen LogP contribution in [0.2, 0.25) is 0 Å². The molecule has 1 atom stereocenters. The van der Waals surface area contributed by atoms with E-state index in [-0.39, 0.29) is 19.8 Å². The molecule has 3 rings (SSSR count). The van der Waals surface area contributed by atoms with Gasteiger partial charge in [0.2, 0.25) is 0 Å². The second-order valence-corrected chi connectivity index (χ2v) is 9.65. The molecule has 1 unspecified atom stereocenters. The van der Waals surface area contributed by atoms with E-state index in [1.165, 1.54) is 0 Å². The van der Waals surface area contributed by atoms with E-state index in [4.69, 9.17) is 9.05 Å². The van der Waals surface area contributed by atoms with Crippen molar-refractivity contribution in [2.45, 2.75) is 33.1 Å². The van der Waals surface area contributed by atoms with E-state index in [0.29, 0.717) is 11.3 Å². The standard InChI is InChI=1S/C26H31N2O4P/c1-4-31-33(30,32-5-2)25(23-18-16-21(3)17-19-23)28(20-22-12-8-6-9-13-22)26(29)27-24-14-10-7-11-15-24/h6-19,25H,4-5,20H2,1-3H3,(H,27,29). The highest BCUT2D eigenvalue weighted by molar-refractivity contribution is 7.54. The van der Waals surface area contributed by atoms with Crippen molar-refractivity contribution in [2.75, 3.05) is 18.5 Å². The highest BCUT2D eigenvalue weighted by Crippen LogP contribution is 2.62. The van der Waals surface area contributed by atoms with Crippen molar-refractivity contribution in [1.82, 2.24) is 4.90 Å². The lowest BCUT2D eigenvalue weighted by Crippen LogP contribution is -2.38. The molecular weight excluding hydrogens is 435 g/mol. The Morgan fingerprint density at radius 1 is 0.879 bits per heavy atom. The van der Waals surface area contributed by atoms with E-state index >= 15 is 0 Å². The molecule has 2 amide bonds. The van der Waals surface area contributed by atoms with Crippen LogP contribution in [-0.4, -0.2) is 24.1 Å². The van der Waals surface area contributed by atoms with Crippen molar-refractivity contribution in [1.29, 1.82) is 0 Å². The Kier molecular flexibility index (Phi) is 8.84. The summed E-state index contributed by atoms with van der Waals surface area (Å²) in [4.78, 5) is 15.2. The van der Waals surface area contributed by atoms with Gasteiger partial charge in [0.05, 0.1) is 13.2 Å². The molecule has 33 heavy (non-hydrogen) atoms. The molecular formula is C26H31N2O4P. The largest absolute Gasteiger partial charge is 0.357 e. The normalized spacial score (nSPS) is 12.2. The minimum Gasteiger partial charge on any atom is -0.308 e. The van der Waals surface area contributed by atoms with Crippen LogP contribution in [0.3, 0.4) is 0 Å². The van der Waals surface area contributed by atoms with Gasteiger partial charge in [0.1, 0.15) is 0 Å². The Balaban J connectivity index is 2.11. The molecule has 6 nitrogen and oxygen atoms in total. The molecule has 7 heteroatoms. The summed E-state index contributed by atoms with van der Waals surface area (Å²) in [5, 5.41) is 2.93. The molecule has 0 fully saturated rings. The van der Waals surface area contributed by atoms with E-state index in [1.807, 2.05) is 91.9 Å². The molecule has 174 valence electrons. The van der Waals surface area contributed by atoms with Gasteiger partial charge in [-0.1, -0.05) is 78.4 Å². The number of benzene rings is 3. The molecule has 3 aromatic carbocycles. The van der Waals surface area contributed by atoms with Crippen LogP contribution in [0.25, 0.3) is 0 Å². The van der Waals surface area contributed by atoms with Crippen molar-refractivity contribution < 1.29 is 18.4 Å². The van der Waals surface area contributed by atoms with Crippen molar-refractivity contribution >= 4 is 19.3 Å². The third kappa shape index (κ3) is 6.55. The first-order valence-corrected chi connectivity index (χ1v) is 12.7. The fraction of sp³-hybridized carbons (Fsp3) is 0.269. The van der Waals surface area contributed by atoms with Gasteiger partial charge in [-0.15, -0.1) is 0 Å². The molecule has 0 spiro atoms. The van der Waals surface area contributed by atoms with Gasteiger partial charge in [0, 0.05) is 12.2 Å². The number of aryl methyl sites for hydroxylation is 1. The monoisotopic (exact) mass is 466 g/mol. The Bertz CT molecular complexity index is 1050. The van der Waals surface area contributed by atoms with Crippen molar-refractivity contribution in [3.63, 3.8) is 0 Å². The second-order valence-electron chi connectivity index (χ2n) is 7.57. The first-order valence-electron chi connectivity index (χ1n) is 11.1. The third-order valence-corrected chi connectivity index (χ3v) is 7.48. The Morgan fingerprint density at radius 2 is 1.42 bits per heavy atom. The van der Waals surface area contributed by atoms with Gasteiger partial charge < -0.3 is 19.3 Å². The average molecular weight is 467 g/mol. The van der Waals surface area contributed by atoms with Gasteiger partial charge in [0.15, 0.2) is 5.78 Å². The summed E-state index contributed by atoms with van der Waals surface area (Å²) < 4.78 is 25.6. The lowest BCUT2D eigenvalue weighted by atomic mass is 10.1. The van der Waals surface area contributed by atoms with Crippen LogP contribution >= 0.6 is 7.60 Å². The minimum atomic E-state index is -3.75. The fourth-order valence-electron chi connectivity index (χ4n) is 3.58. The number of hydrogen-bond donors (Lipinski definition) is 1. The number of nitrogens with zero attached hydrogens (tertiary/aromatic N) is 1. The topological polar surface area (TPSA) is 67.9 Å². The number of nitrogens with one attached hydrogen (secondary N) is 1. The zero-order chi connectivity index (χ0) is 23.7. The molecule has 0 radical (unpaired) electrons. The zero-order valence-electron chi connectivity index (χ0n) is 19.3. The van der Waals surface area contributed by atoms with Crippen molar-refractivity contribution in [2.24, 2.45) is 0 Å². The molecule has 3 aromatic rings. The summed E-state index contributed by atoms with van der Waals surface area (Å²) in [6, 6.07) is 26.0. The van der Waals surface area contributed by atoms with Gasteiger partial charge in [-0.05, 0) is 44.0 Å². The van der Waals surface area contributed by atoms with Gasteiger partial charge in [0.25, 0.3) is 0 Å². The number of amides is 2. The zero-order valence-corrected chi connectivity index (χ0v) is 20.2. The Morgan fingerprint density at radius 3 is 1.97 bits per heavy atom. The summed E-state index contributed by atoms with van der Waals surface area (Å²) >= 11 is 0. The van der Waals surface area contributed by atoms with Gasteiger partial charge in [-0.3, -0.25) is 4.57 Å². The van der Waals surface area contributed by atoms with E-state index in [9.17, 15) is 9.36 Å². The number of para-hydroxylation sites is 1. The number of carbonyl (C=O) groups is 1. The smallest absolute Gasteiger partial charge is 0.308 e. The molecule has 0 saturated heterocycles. The molecule has 0 aliphatic heterocycles. The maximum atomic E-state index is 14.1. The average Bonchev–Trinajstić information content (AvgIpc) is 2.81. The summed E-state index contributed by atoms with van der Waals surface area (Å²) in [6.45, 7) is 6.13. The fourth-order valence-corrected chi connectivity index (χ4v) is 5.72. The molecule has 0 aliphatic rings. The third-order valence-electron chi connectivity index (χ3n) is 5.07. The lowest BCUT2D eigenvalue weighted by Gasteiger charge is -2.36. The highest BCUT2D eigenvalue weighted by Gasteiger charge is 2.43. The maximum Gasteiger partial charge on any atom is 0.357 e. The molecule has 0 aromatic heterocycles. The molecule has 0 aliphatic carbocycles. The van der Waals surface area contributed by atoms with E-state index in [1.54, 1.807) is 18.7 Å². The van der Waals surface area contributed by atoms with Gasteiger partial charge in [-0.25, -0.2) is 4.79 Å². The summed E-state index contributed by atoms with van der Waals surface area (Å²) in [5.74, 6) is -0.929. The number of anilines is 1. The Hall–Kier alpha value is -2.92. The predicted octanol–water partition coefficient (Wildman–Crippen LogP) is 6.99. The quantitative estimate of drug-likeness (QED) is 0.327. The highest BCUT2D eigenvalue weighted by atomic mass is 31.2. The van der Waals surface area contributed by atoms with Crippen LogP contribution < -0.4 is 5.32 Å². The number of rotatable bonds is 10. The summed E-state index contributed by atoms with van der Waals surface area (Å²) in [7, 11) is -3.75. The number of hydrogen-bond acceptors (Lipinski definition) is 4. The molecule has 1 N–H and O–H groups in total. The summed E-state index contributed by atoms with van der Waals surface area (Å²) in [5.41, 5.74) is 3.29.